The van der Waals surface area contributed by atoms with Gasteiger partial charge in [0.05, 0.1) is 7.11 Å². The zero-order valence-corrected chi connectivity index (χ0v) is 19.7. The van der Waals surface area contributed by atoms with Crippen molar-refractivity contribution >= 4 is 35.5 Å². The van der Waals surface area contributed by atoms with Crippen LogP contribution in [0.4, 0.5) is 0 Å². The average Bonchev–Trinajstić information content (AvgIpc) is 3.07. The minimum atomic E-state index is -0.504. The van der Waals surface area contributed by atoms with Crippen LogP contribution in [0.1, 0.15) is 68.9 Å². The summed E-state index contributed by atoms with van der Waals surface area (Å²) in [5.74, 6) is -0.547. The summed E-state index contributed by atoms with van der Waals surface area (Å²) in [7, 11) is 1.37. The van der Waals surface area contributed by atoms with Gasteiger partial charge in [0.2, 0.25) is 0 Å². The lowest BCUT2D eigenvalue weighted by atomic mass is 9.88. The molecular formula is C22H33NO6S. The molecule has 0 amide bonds. The van der Waals surface area contributed by atoms with E-state index in [9.17, 15) is 9.59 Å². The summed E-state index contributed by atoms with van der Waals surface area (Å²) in [6, 6.07) is 3.27. The fourth-order valence-electron chi connectivity index (χ4n) is 2.29. The van der Waals surface area contributed by atoms with Crippen LogP contribution < -0.4 is 5.32 Å². The maximum Gasteiger partial charge on any atom is 0.373 e. The van der Waals surface area contributed by atoms with E-state index >= 15 is 0 Å². The second-order valence-electron chi connectivity index (χ2n) is 8.77. The van der Waals surface area contributed by atoms with Crippen molar-refractivity contribution < 1.29 is 28.7 Å². The van der Waals surface area contributed by atoms with Gasteiger partial charge in [0.1, 0.15) is 16.5 Å². The first-order chi connectivity index (χ1) is 13.8. The van der Waals surface area contributed by atoms with Crippen LogP contribution in [-0.2, 0) is 23.9 Å². The van der Waals surface area contributed by atoms with E-state index in [0.717, 1.165) is 17.7 Å². The first-order valence-electron chi connectivity index (χ1n) is 9.63. The van der Waals surface area contributed by atoms with Gasteiger partial charge in [-0.15, -0.1) is 11.3 Å². The zero-order chi connectivity index (χ0) is 23.4. The van der Waals surface area contributed by atoms with Crippen LogP contribution in [0, 0.1) is 5.41 Å². The predicted octanol–water partition coefficient (Wildman–Crippen LogP) is 4.09. The summed E-state index contributed by atoms with van der Waals surface area (Å²) in [5.41, 5.74) is -0.352. The van der Waals surface area contributed by atoms with Crippen molar-refractivity contribution in [2.24, 2.45) is 5.41 Å². The van der Waals surface area contributed by atoms with Gasteiger partial charge < -0.3 is 14.8 Å². The molecule has 0 aliphatic rings. The van der Waals surface area contributed by atoms with Gasteiger partial charge in [0.25, 0.3) is 0 Å². The first kappa shape index (κ1) is 27.7. The molecule has 7 nitrogen and oxygen atoms in total. The summed E-state index contributed by atoms with van der Waals surface area (Å²) in [4.78, 5) is 41.8. The molecule has 1 N–H and O–H groups in total. The Morgan fingerprint density at radius 3 is 2.27 bits per heavy atom. The third-order valence-electron chi connectivity index (χ3n) is 3.65. The fourth-order valence-corrected chi connectivity index (χ4v) is 3.15. The summed E-state index contributed by atoms with van der Waals surface area (Å²) in [6.45, 7) is 12.7. The number of thiophene rings is 1. The highest BCUT2D eigenvalue weighted by Gasteiger charge is 2.26. The second-order valence-corrected chi connectivity index (χ2v) is 9.89. The van der Waals surface area contributed by atoms with Crippen LogP contribution in [0.2, 0.25) is 0 Å². The number of esters is 2. The number of nitrogens with one attached hydrogen (secondary N) is 1. The van der Waals surface area contributed by atoms with E-state index in [4.69, 9.17) is 19.1 Å². The van der Waals surface area contributed by atoms with E-state index in [1.807, 2.05) is 39.0 Å². The Bertz CT molecular complexity index is 734. The average molecular weight is 440 g/mol. The van der Waals surface area contributed by atoms with Crippen LogP contribution in [0.15, 0.2) is 18.2 Å². The van der Waals surface area contributed by atoms with E-state index in [0.29, 0.717) is 11.4 Å². The van der Waals surface area contributed by atoms with Crippen molar-refractivity contribution in [1.82, 2.24) is 5.32 Å². The van der Waals surface area contributed by atoms with E-state index < -0.39 is 5.60 Å². The van der Waals surface area contributed by atoms with Crippen molar-refractivity contribution in [1.29, 1.82) is 0 Å². The smallest absolute Gasteiger partial charge is 0.373 e. The third kappa shape index (κ3) is 13.0. The van der Waals surface area contributed by atoms with Gasteiger partial charge in [-0.3, -0.25) is 4.79 Å². The number of carbonyl (C=O) groups is 2. The number of rotatable bonds is 8. The van der Waals surface area contributed by atoms with E-state index in [2.05, 4.69) is 26.1 Å². The monoisotopic (exact) mass is 439 g/mol. The highest BCUT2D eigenvalue weighted by molar-refractivity contribution is 7.14. The van der Waals surface area contributed by atoms with Crippen molar-refractivity contribution in [3.63, 3.8) is 0 Å². The Balaban J connectivity index is 0.00000263. The van der Waals surface area contributed by atoms with Gasteiger partial charge in [-0.1, -0.05) is 26.8 Å². The van der Waals surface area contributed by atoms with Crippen LogP contribution in [0.3, 0.4) is 0 Å². The molecular weight excluding hydrogens is 406 g/mol. The maximum atomic E-state index is 12.5. The van der Waals surface area contributed by atoms with Gasteiger partial charge in [-0.2, -0.15) is 9.59 Å². The van der Waals surface area contributed by atoms with Crippen molar-refractivity contribution in [2.45, 2.75) is 66.0 Å². The van der Waals surface area contributed by atoms with Gasteiger partial charge in [-0.25, -0.2) is 4.79 Å². The molecule has 1 atom stereocenters. The summed E-state index contributed by atoms with van der Waals surface area (Å²) >= 11 is 1.37. The van der Waals surface area contributed by atoms with E-state index in [1.54, 1.807) is 6.07 Å². The molecule has 168 valence electrons. The molecule has 0 aliphatic heterocycles. The van der Waals surface area contributed by atoms with Gasteiger partial charge in [0.15, 0.2) is 0 Å². The van der Waals surface area contributed by atoms with Gasteiger partial charge in [0, 0.05) is 11.4 Å². The highest BCUT2D eigenvalue weighted by Crippen LogP contribution is 2.23. The lowest BCUT2D eigenvalue weighted by Gasteiger charge is -2.26. The number of methoxy groups -OCH3 is 1. The normalized spacial score (nSPS) is 12.5. The Hall–Kier alpha value is -2.28. The molecule has 0 radical (unpaired) electrons. The standard InChI is InChI=1S/C21H33NO4S.CO2/c1-20(2,3)13-12-16(18(23)26-21(4,5)6)22-14-8-9-15-10-11-17(27-15)19(24)25-7;2-1-3/h8-11,16,22H,12-14H2,1-7H3;/b9-8-;/t16-;/m0./s1. The Morgan fingerprint density at radius 1 is 1.17 bits per heavy atom. The third-order valence-corrected chi connectivity index (χ3v) is 4.68. The minimum absolute atomic E-state index is 0.152. The molecule has 1 aromatic heterocycles. The maximum absolute atomic E-state index is 12.5. The van der Waals surface area contributed by atoms with Gasteiger partial charge >= 0.3 is 18.1 Å². The summed E-state index contributed by atoms with van der Waals surface area (Å²) in [5, 5.41) is 3.28. The van der Waals surface area contributed by atoms with Crippen molar-refractivity contribution in [3.8, 4) is 0 Å². The molecule has 0 saturated carbocycles. The minimum Gasteiger partial charge on any atom is -0.465 e. The Morgan fingerprint density at radius 2 is 1.77 bits per heavy atom. The molecule has 0 spiro atoms. The van der Waals surface area contributed by atoms with Crippen molar-refractivity contribution in [2.75, 3.05) is 13.7 Å². The quantitative estimate of drug-likeness (QED) is 0.609. The molecule has 0 aliphatic carbocycles. The molecule has 8 heteroatoms. The highest BCUT2D eigenvalue weighted by atomic mass is 32.1. The Labute approximate surface area is 182 Å². The molecule has 30 heavy (non-hydrogen) atoms. The molecule has 0 fully saturated rings. The van der Waals surface area contributed by atoms with Crippen LogP contribution in [0.5, 0.6) is 0 Å². The summed E-state index contributed by atoms with van der Waals surface area (Å²) < 4.78 is 10.3. The molecule has 0 unspecified atom stereocenters. The fraction of sp³-hybridized carbons (Fsp3) is 0.591. The molecule has 0 aromatic carbocycles. The molecule has 0 saturated heterocycles. The molecule has 1 heterocycles. The van der Waals surface area contributed by atoms with Crippen molar-refractivity contribution in [3.05, 3.63) is 28.0 Å². The van der Waals surface area contributed by atoms with Crippen LogP contribution >= 0.6 is 11.3 Å². The molecule has 0 bridgehead atoms. The SMILES string of the molecule is COC(=O)c1ccc(/C=C\CN[C@@H](CCC(C)(C)C)C(=O)OC(C)(C)C)s1.O=C=O. The van der Waals surface area contributed by atoms with Crippen LogP contribution in [0.25, 0.3) is 6.08 Å². The Kier molecular flexibility index (Phi) is 12.1. The predicted molar refractivity (Wildman–Crippen MR) is 116 cm³/mol. The number of ether oxygens (including phenoxy) is 2. The zero-order valence-electron chi connectivity index (χ0n) is 18.9. The summed E-state index contributed by atoms with van der Waals surface area (Å²) in [6.07, 6.45) is 5.76. The first-order valence-corrected chi connectivity index (χ1v) is 10.4. The largest absolute Gasteiger partial charge is 0.465 e. The number of hydrogen-bond donors (Lipinski definition) is 1. The number of carbonyl (C=O) groups excluding carboxylic acids is 4. The van der Waals surface area contributed by atoms with Gasteiger partial charge in [-0.05, 0) is 57.2 Å². The molecule has 1 rings (SSSR count). The second kappa shape index (κ2) is 13.1. The topological polar surface area (TPSA) is 98.8 Å². The number of hydrogen-bond acceptors (Lipinski definition) is 8. The van der Waals surface area contributed by atoms with E-state index in [-0.39, 0.29) is 29.5 Å². The lowest BCUT2D eigenvalue weighted by Crippen LogP contribution is -2.41. The van der Waals surface area contributed by atoms with Crippen LogP contribution in [-0.4, -0.2) is 43.4 Å². The molecule has 1 aromatic rings. The lowest BCUT2D eigenvalue weighted by molar-refractivity contribution is -0.191. The van der Waals surface area contributed by atoms with E-state index in [1.165, 1.54) is 18.4 Å².